The van der Waals surface area contributed by atoms with Gasteiger partial charge in [-0.1, -0.05) is 36.0 Å². The van der Waals surface area contributed by atoms with Crippen LogP contribution < -0.4 is 11.1 Å². The molecule has 0 aliphatic heterocycles. The summed E-state index contributed by atoms with van der Waals surface area (Å²) in [4.78, 5) is 12.3. The lowest BCUT2D eigenvalue weighted by Gasteiger charge is -2.08. The average molecular weight is 309 g/mol. The van der Waals surface area contributed by atoms with Crippen LogP contribution in [0.25, 0.3) is 0 Å². The van der Waals surface area contributed by atoms with Crippen LogP contribution in [0.1, 0.15) is 15.9 Å². The van der Waals surface area contributed by atoms with Crippen molar-refractivity contribution in [2.45, 2.75) is 0 Å². The fraction of sp³-hybridized carbons (Fsp3) is 0. The summed E-state index contributed by atoms with van der Waals surface area (Å²) in [6.45, 7) is 0. The maximum absolute atomic E-state index is 12.9. The van der Waals surface area contributed by atoms with Crippen molar-refractivity contribution in [3.8, 4) is 0 Å². The zero-order chi connectivity index (χ0) is 14.7. The Morgan fingerprint density at radius 1 is 1.20 bits per heavy atom. The molecule has 3 N–H and O–H groups in total. The van der Waals surface area contributed by atoms with Crippen molar-refractivity contribution in [3.63, 3.8) is 0 Å². The minimum absolute atomic E-state index is 0.129. The molecule has 0 fully saturated rings. The van der Waals surface area contributed by atoms with Crippen LogP contribution in [0.5, 0.6) is 0 Å². The third kappa shape index (κ3) is 3.31. The van der Waals surface area contributed by atoms with E-state index in [9.17, 15) is 9.18 Å². The van der Waals surface area contributed by atoms with Gasteiger partial charge in [-0.15, -0.1) is 0 Å². The Labute approximate surface area is 125 Å². The maximum Gasteiger partial charge on any atom is 0.255 e. The third-order valence-electron chi connectivity index (χ3n) is 2.59. The monoisotopic (exact) mass is 308 g/mol. The Bertz CT molecular complexity index is 691. The van der Waals surface area contributed by atoms with Crippen LogP contribution in [0.2, 0.25) is 5.02 Å². The molecule has 0 bridgehead atoms. The number of carbonyl (C=O) groups excluding carboxylic acids is 1. The van der Waals surface area contributed by atoms with Gasteiger partial charge < -0.3 is 11.1 Å². The molecule has 0 unspecified atom stereocenters. The molecule has 102 valence electrons. The highest BCUT2D eigenvalue weighted by molar-refractivity contribution is 7.80. The summed E-state index contributed by atoms with van der Waals surface area (Å²) in [7, 11) is 0. The van der Waals surface area contributed by atoms with E-state index in [-0.39, 0.29) is 15.9 Å². The second-order valence-corrected chi connectivity index (χ2v) is 4.87. The van der Waals surface area contributed by atoms with Gasteiger partial charge in [0.2, 0.25) is 0 Å². The van der Waals surface area contributed by atoms with E-state index >= 15 is 0 Å². The predicted molar refractivity (Wildman–Crippen MR) is 81.7 cm³/mol. The molecule has 6 heteroatoms. The number of nitrogens with two attached hydrogens (primary N) is 1. The number of halogens is 2. The molecular formula is C14H10ClFN2OS. The first-order valence-electron chi connectivity index (χ1n) is 5.63. The van der Waals surface area contributed by atoms with Crippen molar-refractivity contribution in [2.24, 2.45) is 5.73 Å². The summed E-state index contributed by atoms with van der Waals surface area (Å²) in [5.41, 5.74) is 6.83. The van der Waals surface area contributed by atoms with Gasteiger partial charge in [0.1, 0.15) is 10.8 Å². The topological polar surface area (TPSA) is 55.1 Å². The minimum atomic E-state index is -0.469. The highest BCUT2D eigenvalue weighted by Gasteiger charge is 2.10. The Balaban J connectivity index is 2.24. The highest BCUT2D eigenvalue weighted by Crippen LogP contribution is 2.23. The Hall–Kier alpha value is -1.98. The molecule has 0 aliphatic carbocycles. The maximum atomic E-state index is 12.9. The van der Waals surface area contributed by atoms with Crippen molar-refractivity contribution in [1.82, 2.24) is 0 Å². The van der Waals surface area contributed by atoms with Gasteiger partial charge in [-0.25, -0.2) is 4.39 Å². The second-order valence-electron chi connectivity index (χ2n) is 4.02. The van der Waals surface area contributed by atoms with Crippen LogP contribution in [0.4, 0.5) is 10.1 Å². The van der Waals surface area contributed by atoms with E-state index in [1.54, 1.807) is 24.3 Å². The number of nitrogens with one attached hydrogen (secondary N) is 1. The Morgan fingerprint density at radius 3 is 2.55 bits per heavy atom. The molecule has 0 saturated carbocycles. The first-order valence-corrected chi connectivity index (χ1v) is 6.42. The molecule has 2 aromatic carbocycles. The molecule has 0 heterocycles. The van der Waals surface area contributed by atoms with Gasteiger partial charge in [-0.3, -0.25) is 4.79 Å². The quantitative estimate of drug-likeness (QED) is 0.855. The van der Waals surface area contributed by atoms with Crippen molar-refractivity contribution < 1.29 is 9.18 Å². The van der Waals surface area contributed by atoms with E-state index in [0.717, 1.165) is 6.07 Å². The molecule has 3 nitrogen and oxygen atoms in total. The first-order chi connectivity index (χ1) is 9.47. The van der Waals surface area contributed by atoms with Crippen molar-refractivity contribution in [1.29, 1.82) is 0 Å². The first kappa shape index (κ1) is 14.4. The number of hydrogen-bond acceptors (Lipinski definition) is 2. The van der Waals surface area contributed by atoms with E-state index in [2.05, 4.69) is 5.32 Å². The van der Waals surface area contributed by atoms with Gasteiger partial charge in [0.05, 0.1) is 10.7 Å². The fourth-order valence-electron chi connectivity index (χ4n) is 1.60. The van der Waals surface area contributed by atoms with E-state index in [1.807, 2.05) is 0 Å². The van der Waals surface area contributed by atoms with Crippen LogP contribution in [0, 0.1) is 5.82 Å². The summed E-state index contributed by atoms with van der Waals surface area (Å²) in [6.07, 6.45) is 0. The van der Waals surface area contributed by atoms with Crippen molar-refractivity contribution in [2.75, 3.05) is 5.32 Å². The number of amides is 1. The van der Waals surface area contributed by atoms with Crippen molar-refractivity contribution >= 4 is 40.4 Å². The van der Waals surface area contributed by atoms with Gasteiger partial charge >= 0.3 is 0 Å². The summed E-state index contributed by atoms with van der Waals surface area (Å²) < 4.78 is 12.9. The van der Waals surface area contributed by atoms with Crippen LogP contribution in [-0.2, 0) is 0 Å². The number of anilines is 1. The second kappa shape index (κ2) is 5.98. The van der Waals surface area contributed by atoms with Crippen LogP contribution in [0.15, 0.2) is 42.5 Å². The molecule has 0 atom stereocenters. The molecule has 2 aromatic rings. The number of rotatable bonds is 3. The summed E-state index contributed by atoms with van der Waals surface area (Å²) in [5.74, 6) is -0.847. The van der Waals surface area contributed by atoms with Crippen LogP contribution >= 0.6 is 23.8 Å². The normalized spacial score (nSPS) is 10.1. The molecule has 0 saturated heterocycles. The third-order valence-corrected chi connectivity index (χ3v) is 3.14. The number of thiocarbonyl (C=S) groups is 1. The van der Waals surface area contributed by atoms with E-state index in [1.165, 1.54) is 12.1 Å². The van der Waals surface area contributed by atoms with Crippen LogP contribution in [-0.4, -0.2) is 10.9 Å². The largest absolute Gasteiger partial charge is 0.389 e. The van der Waals surface area contributed by atoms with Gasteiger partial charge in [-0.05, 0) is 30.3 Å². The van der Waals surface area contributed by atoms with Gasteiger partial charge in [0.15, 0.2) is 0 Å². The Morgan fingerprint density at radius 2 is 1.90 bits per heavy atom. The van der Waals surface area contributed by atoms with Gasteiger partial charge in [0, 0.05) is 11.1 Å². The lowest BCUT2D eigenvalue weighted by Crippen LogP contribution is -2.15. The SMILES string of the molecule is NC(=S)c1cccc(C(=O)Nc2ccc(F)cc2Cl)c1. The molecule has 0 radical (unpaired) electrons. The molecular weight excluding hydrogens is 299 g/mol. The highest BCUT2D eigenvalue weighted by atomic mass is 35.5. The number of carbonyl (C=O) groups is 1. The molecule has 1 amide bonds. The molecule has 0 aromatic heterocycles. The zero-order valence-corrected chi connectivity index (χ0v) is 11.8. The van der Waals surface area contributed by atoms with Gasteiger partial charge in [-0.2, -0.15) is 0 Å². The van der Waals surface area contributed by atoms with Crippen molar-refractivity contribution in [3.05, 3.63) is 64.4 Å². The van der Waals surface area contributed by atoms with E-state index in [4.69, 9.17) is 29.6 Å². The van der Waals surface area contributed by atoms with Gasteiger partial charge in [0.25, 0.3) is 5.91 Å². The lowest BCUT2D eigenvalue weighted by molar-refractivity contribution is 0.102. The average Bonchev–Trinajstić information content (AvgIpc) is 2.42. The van der Waals surface area contributed by atoms with E-state index < -0.39 is 5.82 Å². The smallest absolute Gasteiger partial charge is 0.255 e. The molecule has 0 spiro atoms. The molecule has 20 heavy (non-hydrogen) atoms. The lowest BCUT2D eigenvalue weighted by atomic mass is 10.1. The minimum Gasteiger partial charge on any atom is -0.389 e. The summed E-state index contributed by atoms with van der Waals surface area (Å²) in [5, 5.41) is 2.73. The molecule has 0 aliphatic rings. The standard InChI is InChI=1S/C14H10ClFN2OS/c15-11-7-10(16)4-5-12(11)18-14(19)9-3-1-2-8(6-9)13(17)20/h1-7H,(H2,17,20)(H,18,19). The number of hydrogen-bond donors (Lipinski definition) is 2. The number of benzene rings is 2. The van der Waals surface area contributed by atoms with Crippen LogP contribution in [0.3, 0.4) is 0 Å². The summed E-state index contributed by atoms with van der Waals surface area (Å²) in [6, 6.07) is 10.3. The fourth-order valence-corrected chi connectivity index (χ4v) is 1.94. The zero-order valence-electron chi connectivity index (χ0n) is 10.2. The predicted octanol–water partition coefficient (Wildman–Crippen LogP) is 3.37. The summed E-state index contributed by atoms with van der Waals surface area (Å²) >= 11 is 10.7. The Kier molecular flexibility index (Phi) is 4.32. The molecule has 2 rings (SSSR count). The van der Waals surface area contributed by atoms with E-state index in [0.29, 0.717) is 16.8 Å².